The first kappa shape index (κ1) is 10.7. The van der Waals surface area contributed by atoms with Gasteiger partial charge in [0.15, 0.2) is 0 Å². The molecule has 84 valence electrons. The molecule has 0 saturated heterocycles. The molecule has 6 heteroatoms. The minimum atomic E-state index is -4.68. The van der Waals surface area contributed by atoms with Crippen LogP contribution in [0, 0.1) is 6.92 Å². The van der Waals surface area contributed by atoms with Crippen molar-refractivity contribution in [3.8, 4) is 5.75 Å². The number of nitrogens with zero attached hydrogens (tertiary/aromatic N) is 2. The molecule has 0 aliphatic carbocycles. The van der Waals surface area contributed by atoms with Crippen LogP contribution < -0.4 is 4.74 Å². The van der Waals surface area contributed by atoms with Gasteiger partial charge in [-0.2, -0.15) is 0 Å². The van der Waals surface area contributed by atoms with E-state index >= 15 is 0 Å². The number of hydrogen-bond acceptors (Lipinski definition) is 3. The number of ether oxygens (including phenoxy) is 1. The minimum Gasteiger partial charge on any atom is -0.406 e. The molecule has 1 heterocycles. The second kappa shape index (κ2) is 3.62. The molecule has 2 aromatic rings. The zero-order chi connectivity index (χ0) is 11.8. The van der Waals surface area contributed by atoms with E-state index in [2.05, 4.69) is 14.7 Å². The van der Waals surface area contributed by atoms with Crippen LogP contribution in [-0.4, -0.2) is 16.3 Å². The molecule has 0 fully saturated rings. The van der Waals surface area contributed by atoms with Crippen LogP contribution in [-0.2, 0) is 0 Å². The van der Waals surface area contributed by atoms with Gasteiger partial charge in [0.1, 0.15) is 11.6 Å². The van der Waals surface area contributed by atoms with Crippen LogP contribution in [0.25, 0.3) is 10.9 Å². The smallest absolute Gasteiger partial charge is 0.406 e. The summed E-state index contributed by atoms with van der Waals surface area (Å²) >= 11 is 0. The Hall–Kier alpha value is -1.85. The fourth-order valence-electron chi connectivity index (χ4n) is 1.30. The number of alkyl halides is 3. The van der Waals surface area contributed by atoms with E-state index in [4.69, 9.17) is 0 Å². The Kier molecular flexibility index (Phi) is 2.41. The third kappa shape index (κ3) is 2.39. The second-order valence-electron chi connectivity index (χ2n) is 3.19. The van der Waals surface area contributed by atoms with Crippen LogP contribution in [0.1, 0.15) is 5.82 Å². The third-order valence-electron chi connectivity index (χ3n) is 1.91. The summed E-state index contributed by atoms with van der Waals surface area (Å²) in [5.74, 6) is 0.296. The molecule has 3 nitrogen and oxygen atoms in total. The van der Waals surface area contributed by atoms with Crippen molar-refractivity contribution in [1.82, 2.24) is 9.97 Å². The number of aryl methyl sites for hydroxylation is 1. The number of halogens is 3. The van der Waals surface area contributed by atoms with Crippen molar-refractivity contribution >= 4 is 10.9 Å². The summed E-state index contributed by atoms with van der Waals surface area (Å²) in [7, 11) is 0. The predicted octanol–water partition coefficient (Wildman–Crippen LogP) is 2.84. The first-order valence-corrected chi connectivity index (χ1v) is 4.43. The molecule has 0 bridgehead atoms. The van der Waals surface area contributed by atoms with Crippen molar-refractivity contribution in [2.45, 2.75) is 13.3 Å². The van der Waals surface area contributed by atoms with Gasteiger partial charge >= 0.3 is 6.36 Å². The van der Waals surface area contributed by atoms with E-state index in [0.717, 1.165) is 0 Å². The first-order chi connectivity index (χ1) is 7.44. The van der Waals surface area contributed by atoms with Crippen LogP contribution in [0.4, 0.5) is 13.2 Å². The molecule has 0 unspecified atom stereocenters. The standard InChI is InChI=1S/C10H7F3N2O/c1-6-14-5-7-4-8(16-10(11,12)13)2-3-9(7)15-6/h2-5H,1H3. The average molecular weight is 228 g/mol. The normalized spacial score (nSPS) is 11.8. The van der Waals surface area contributed by atoms with Gasteiger partial charge in [-0.15, -0.1) is 13.2 Å². The molecule has 0 atom stereocenters. The summed E-state index contributed by atoms with van der Waals surface area (Å²) in [4.78, 5) is 7.96. The molecule has 0 amide bonds. The lowest BCUT2D eigenvalue weighted by Gasteiger charge is -2.09. The zero-order valence-electron chi connectivity index (χ0n) is 8.25. The molecule has 1 aromatic carbocycles. The lowest BCUT2D eigenvalue weighted by atomic mass is 10.2. The van der Waals surface area contributed by atoms with Gasteiger partial charge in [0.25, 0.3) is 0 Å². The van der Waals surface area contributed by atoms with Crippen molar-refractivity contribution in [2.24, 2.45) is 0 Å². The number of hydrogen-bond donors (Lipinski definition) is 0. The Bertz CT molecular complexity index is 525. The highest BCUT2D eigenvalue weighted by molar-refractivity contribution is 5.79. The van der Waals surface area contributed by atoms with Crippen molar-refractivity contribution in [3.63, 3.8) is 0 Å². The summed E-state index contributed by atoms with van der Waals surface area (Å²) in [6, 6.07) is 3.94. The molecule has 0 radical (unpaired) electrons. The van der Waals surface area contributed by atoms with Crippen molar-refractivity contribution in [1.29, 1.82) is 0 Å². The van der Waals surface area contributed by atoms with Gasteiger partial charge < -0.3 is 4.74 Å². The van der Waals surface area contributed by atoms with Gasteiger partial charge in [-0.1, -0.05) is 0 Å². The van der Waals surface area contributed by atoms with E-state index in [1.807, 2.05) is 0 Å². The fraction of sp³-hybridized carbons (Fsp3) is 0.200. The van der Waals surface area contributed by atoms with E-state index in [1.165, 1.54) is 24.4 Å². The predicted molar refractivity (Wildman–Crippen MR) is 51.0 cm³/mol. The van der Waals surface area contributed by atoms with Crippen LogP contribution in [0.5, 0.6) is 5.75 Å². The largest absolute Gasteiger partial charge is 0.573 e. The van der Waals surface area contributed by atoms with E-state index in [9.17, 15) is 13.2 Å². The summed E-state index contributed by atoms with van der Waals surface area (Å²) in [5.41, 5.74) is 0.585. The van der Waals surface area contributed by atoms with Crippen LogP contribution in [0.2, 0.25) is 0 Å². The Morgan fingerprint density at radius 2 is 2.00 bits per heavy atom. The molecule has 0 saturated carbocycles. The molecule has 2 rings (SSSR count). The first-order valence-electron chi connectivity index (χ1n) is 4.43. The maximum absolute atomic E-state index is 12.0. The molecular weight excluding hydrogens is 221 g/mol. The van der Waals surface area contributed by atoms with Gasteiger partial charge in [-0.25, -0.2) is 9.97 Å². The molecule has 0 spiro atoms. The van der Waals surface area contributed by atoms with Crippen LogP contribution in [0.3, 0.4) is 0 Å². The van der Waals surface area contributed by atoms with Gasteiger partial charge in [-0.05, 0) is 25.1 Å². The number of benzene rings is 1. The maximum Gasteiger partial charge on any atom is 0.573 e. The average Bonchev–Trinajstić information content (AvgIpc) is 2.16. The van der Waals surface area contributed by atoms with Gasteiger partial charge in [0.2, 0.25) is 0 Å². The van der Waals surface area contributed by atoms with Crippen molar-refractivity contribution < 1.29 is 17.9 Å². The number of rotatable bonds is 1. The number of aromatic nitrogens is 2. The summed E-state index contributed by atoms with van der Waals surface area (Å²) in [5, 5.41) is 0.507. The molecule has 1 aromatic heterocycles. The van der Waals surface area contributed by atoms with E-state index in [1.54, 1.807) is 6.92 Å². The minimum absolute atomic E-state index is 0.271. The molecule has 0 aliphatic rings. The maximum atomic E-state index is 12.0. The Morgan fingerprint density at radius 1 is 1.25 bits per heavy atom. The third-order valence-corrected chi connectivity index (χ3v) is 1.91. The van der Waals surface area contributed by atoms with E-state index < -0.39 is 6.36 Å². The highest BCUT2D eigenvalue weighted by Crippen LogP contribution is 2.25. The monoisotopic (exact) mass is 228 g/mol. The molecule has 0 aliphatic heterocycles. The van der Waals surface area contributed by atoms with E-state index in [-0.39, 0.29) is 5.75 Å². The summed E-state index contributed by atoms with van der Waals surface area (Å²) in [6.07, 6.45) is -3.22. The zero-order valence-corrected chi connectivity index (χ0v) is 8.25. The van der Waals surface area contributed by atoms with Gasteiger partial charge in [-0.3, -0.25) is 0 Å². The van der Waals surface area contributed by atoms with E-state index in [0.29, 0.717) is 16.7 Å². The second-order valence-corrected chi connectivity index (χ2v) is 3.19. The van der Waals surface area contributed by atoms with Gasteiger partial charge in [0.05, 0.1) is 5.52 Å². The summed E-state index contributed by atoms with van der Waals surface area (Å²) in [6.45, 7) is 1.71. The molecule has 16 heavy (non-hydrogen) atoms. The Balaban J connectivity index is 2.41. The SMILES string of the molecule is Cc1ncc2cc(OC(F)(F)F)ccc2n1. The van der Waals surface area contributed by atoms with Crippen molar-refractivity contribution in [2.75, 3.05) is 0 Å². The highest BCUT2D eigenvalue weighted by Gasteiger charge is 2.31. The number of fused-ring (bicyclic) bond motifs is 1. The Labute approximate surface area is 88.9 Å². The van der Waals surface area contributed by atoms with Crippen LogP contribution >= 0.6 is 0 Å². The lowest BCUT2D eigenvalue weighted by molar-refractivity contribution is -0.274. The topological polar surface area (TPSA) is 35.0 Å². The Morgan fingerprint density at radius 3 is 2.69 bits per heavy atom. The van der Waals surface area contributed by atoms with Crippen molar-refractivity contribution in [3.05, 3.63) is 30.2 Å². The van der Waals surface area contributed by atoms with Crippen LogP contribution in [0.15, 0.2) is 24.4 Å². The fourth-order valence-corrected chi connectivity index (χ4v) is 1.30. The molecular formula is C10H7F3N2O. The summed E-state index contributed by atoms with van der Waals surface area (Å²) < 4.78 is 39.6. The quantitative estimate of drug-likeness (QED) is 0.752. The van der Waals surface area contributed by atoms with Gasteiger partial charge in [0, 0.05) is 11.6 Å². The molecule has 0 N–H and O–H groups in total. The highest BCUT2D eigenvalue weighted by atomic mass is 19.4. The lowest BCUT2D eigenvalue weighted by Crippen LogP contribution is -2.17.